The Morgan fingerprint density at radius 1 is 1.00 bits per heavy atom. The summed E-state index contributed by atoms with van der Waals surface area (Å²) in [4.78, 5) is 0. The standard InChI is InChI=1S/C16H27NO/c1-2-7-16(8-3-1)9-6-15(16)17-11-12-10-13-4-5-14(12)18-13/h12-15,17H,1-11H2. The average Bonchev–Trinajstić information content (AvgIpc) is 3.01. The SMILES string of the molecule is C1CCC2(CC1)CCC2NCC1CC2CCC1O2. The van der Waals surface area contributed by atoms with Crippen molar-refractivity contribution >= 4 is 0 Å². The smallest absolute Gasteiger partial charge is 0.0621 e. The van der Waals surface area contributed by atoms with Crippen molar-refractivity contribution in [2.45, 2.75) is 82.5 Å². The Labute approximate surface area is 111 Å². The minimum Gasteiger partial charge on any atom is -0.375 e. The first-order valence-electron chi connectivity index (χ1n) is 8.25. The molecule has 0 aromatic carbocycles. The molecule has 0 aromatic heterocycles. The van der Waals surface area contributed by atoms with Crippen LogP contribution in [0.4, 0.5) is 0 Å². The highest BCUT2D eigenvalue weighted by atomic mass is 16.5. The molecule has 4 unspecified atom stereocenters. The number of hydrogen-bond donors (Lipinski definition) is 1. The van der Waals surface area contributed by atoms with Gasteiger partial charge in [-0.05, 0) is 50.4 Å². The molecule has 2 saturated carbocycles. The van der Waals surface area contributed by atoms with E-state index < -0.39 is 0 Å². The summed E-state index contributed by atoms with van der Waals surface area (Å²) in [5.74, 6) is 0.824. The van der Waals surface area contributed by atoms with Crippen molar-refractivity contribution in [2.24, 2.45) is 11.3 Å². The zero-order valence-corrected chi connectivity index (χ0v) is 11.5. The molecule has 4 atom stereocenters. The van der Waals surface area contributed by atoms with Crippen LogP contribution in [0.5, 0.6) is 0 Å². The molecule has 102 valence electrons. The largest absolute Gasteiger partial charge is 0.375 e. The van der Waals surface area contributed by atoms with E-state index in [1.807, 2.05) is 0 Å². The van der Waals surface area contributed by atoms with Gasteiger partial charge in [0, 0.05) is 18.5 Å². The highest BCUT2D eigenvalue weighted by Crippen LogP contribution is 2.51. The van der Waals surface area contributed by atoms with E-state index in [-0.39, 0.29) is 0 Å². The van der Waals surface area contributed by atoms with Crippen molar-refractivity contribution < 1.29 is 4.74 Å². The monoisotopic (exact) mass is 249 g/mol. The second kappa shape index (κ2) is 4.49. The molecule has 1 spiro atoms. The van der Waals surface area contributed by atoms with Gasteiger partial charge < -0.3 is 10.1 Å². The lowest BCUT2D eigenvalue weighted by Gasteiger charge is -2.53. The van der Waals surface area contributed by atoms with Gasteiger partial charge in [0.15, 0.2) is 0 Å². The van der Waals surface area contributed by atoms with Crippen LogP contribution in [-0.4, -0.2) is 24.8 Å². The summed E-state index contributed by atoms with van der Waals surface area (Å²) >= 11 is 0. The van der Waals surface area contributed by atoms with Gasteiger partial charge >= 0.3 is 0 Å². The molecule has 2 heterocycles. The van der Waals surface area contributed by atoms with E-state index in [0.29, 0.717) is 12.2 Å². The Balaban J connectivity index is 1.30. The van der Waals surface area contributed by atoms with Gasteiger partial charge in [-0.25, -0.2) is 0 Å². The molecule has 2 bridgehead atoms. The van der Waals surface area contributed by atoms with E-state index in [9.17, 15) is 0 Å². The Bertz CT molecular complexity index is 310. The van der Waals surface area contributed by atoms with Crippen LogP contribution >= 0.6 is 0 Å². The van der Waals surface area contributed by atoms with Gasteiger partial charge in [-0.15, -0.1) is 0 Å². The van der Waals surface area contributed by atoms with Crippen LogP contribution in [0.2, 0.25) is 0 Å². The van der Waals surface area contributed by atoms with Crippen LogP contribution in [0, 0.1) is 11.3 Å². The molecule has 0 radical (unpaired) electrons. The van der Waals surface area contributed by atoms with E-state index in [4.69, 9.17) is 4.74 Å². The quantitative estimate of drug-likeness (QED) is 0.829. The fourth-order valence-corrected chi connectivity index (χ4v) is 5.12. The topological polar surface area (TPSA) is 21.3 Å². The second-order valence-electron chi connectivity index (χ2n) is 7.29. The van der Waals surface area contributed by atoms with Gasteiger partial charge in [0.1, 0.15) is 0 Å². The van der Waals surface area contributed by atoms with Gasteiger partial charge in [0.2, 0.25) is 0 Å². The summed E-state index contributed by atoms with van der Waals surface area (Å²) in [6, 6.07) is 0.844. The van der Waals surface area contributed by atoms with E-state index in [1.165, 1.54) is 70.8 Å². The summed E-state index contributed by atoms with van der Waals surface area (Å²) in [5, 5.41) is 3.93. The Hall–Kier alpha value is -0.0800. The van der Waals surface area contributed by atoms with Crippen LogP contribution in [-0.2, 0) is 4.74 Å². The zero-order valence-electron chi connectivity index (χ0n) is 11.5. The fraction of sp³-hybridized carbons (Fsp3) is 1.00. The predicted molar refractivity (Wildman–Crippen MR) is 72.5 cm³/mol. The first-order valence-corrected chi connectivity index (χ1v) is 8.25. The third-order valence-corrected chi connectivity index (χ3v) is 6.38. The Kier molecular flexibility index (Phi) is 2.92. The first-order chi connectivity index (χ1) is 8.86. The number of fused-ring (bicyclic) bond motifs is 2. The molecule has 4 aliphatic rings. The lowest BCUT2D eigenvalue weighted by Crippen LogP contribution is -2.55. The fourth-order valence-electron chi connectivity index (χ4n) is 5.12. The normalized spacial score (nSPS) is 45.3. The number of ether oxygens (including phenoxy) is 1. The summed E-state index contributed by atoms with van der Waals surface area (Å²) in [7, 11) is 0. The van der Waals surface area contributed by atoms with Gasteiger partial charge in [0.25, 0.3) is 0 Å². The van der Waals surface area contributed by atoms with Crippen LogP contribution < -0.4 is 5.32 Å². The molecule has 4 fully saturated rings. The molecule has 2 nitrogen and oxygen atoms in total. The molecule has 2 heteroatoms. The number of rotatable bonds is 3. The molecular formula is C16H27NO. The van der Waals surface area contributed by atoms with Gasteiger partial charge in [-0.3, -0.25) is 0 Å². The van der Waals surface area contributed by atoms with E-state index >= 15 is 0 Å². The molecular weight excluding hydrogens is 222 g/mol. The van der Waals surface area contributed by atoms with Crippen molar-refractivity contribution in [1.29, 1.82) is 0 Å². The summed E-state index contributed by atoms with van der Waals surface area (Å²) in [5.41, 5.74) is 0.719. The highest BCUT2D eigenvalue weighted by Gasteiger charge is 2.47. The summed E-state index contributed by atoms with van der Waals surface area (Å²) in [6.07, 6.45) is 15.6. The van der Waals surface area contributed by atoms with Crippen LogP contribution in [0.15, 0.2) is 0 Å². The zero-order chi connectivity index (χ0) is 12.0. The third-order valence-electron chi connectivity index (χ3n) is 6.38. The second-order valence-corrected chi connectivity index (χ2v) is 7.29. The van der Waals surface area contributed by atoms with Crippen molar-refractivity contribution in [3.8, 4) is 0 Å². The molecule has 0 amide bonds. The first kappa shape index (κ1) is 11.7. The molecule has 1 N–H and O–H groups in total. The highest BCUT2D eigenvalue weighted by molar-refractivity contribution is 5.02. The van der Waals surface area contributed by atoms with Crippen molar-refractivity contribution in [1.82, 2.24) is 5.32 Å². The van der Waals surface area contributed by atoms with Crippen molar-refractivity contribution in [3.05, 3.63) is 0 Å². The van der Waals surface area contributed by atoms with Crippen molar-refractivity contribution in [3.63, 3.8) is 0 Å². The maximum absolute atomic E-state index is 5.97. The van der Waals surface area contributed by atoms with E-state index in [2.05, 4.69) is 5.32 Å². The van der Waals surface area contributed by atoms with E-state index in [1.54, 1.807) is 0 Å². The lowest BCUT2D eigenvalue weighted by molar-refractivity contribution is 0.0184. The van der Waals surface area contributed by atoms with Crippen molar-refractivity contribution in [2.75, 3.05) is 6.54 Å². The Morgan fingerprint density at radius 2 is 1.89 bits per heavy atom. The molecule has 2 aliphatic carbocycles. The average molecular weight is 249 g/mol. The lowest BCUT2D eigenvalue weighted by atomic mass is 9.57. The molecule has 2 saturated heterocycles. The minimum atomic E-state index is 0.602. The summed E-state index contributed by atoms with van der Waals surface area (Å²) in [6.45, 7) is 1.23. The molecule has 18 heavy (non-hydrogen) atoms. The Morgan fingerprint density at radius 3 is 2.50 bits per heavy atom. The van der Waals surface area contributed by atoms with Crippen LogP contribution in [0.3, 0.4) is 0 Å². The molecule has 4 rings (SSSR count). The maximum atomic E-state index is 5.97. The third kappa shape index (κ3) is 1.84. The maximum Gasteiger partial charge on any atom is 0.0621 e. The van der Waals surface area contributed by atoms with Crippen LogP contribution in [0.1, 0.15) is 64.2 Å². The number of nitrogens with one attached hydrogen (secondary N) is 1. The molecule has 0 aromatic rings. The van der Waals surface area contributed by atoms with E-state index in [0.717, 1.165) is 17.4 Å². The minimum absolute atomic E-state index is 0.602. The van der Waals surface area contributed by atoms with Crippen LogP contribution in [0.25, 0.3) is 0 Å². The predicted octanol–water partition coefficient (Wildman–Crippen LogP) is 3.26. The molecule has 2 aliphatic heterocycles. The van der Waals surface area contributed by atoms with Gasteiger partial charge in [-0.2, -0.15) is 0 Å². The summed E-state index contributed by atoms with van der Waals surface area (Å²) < 4.78 is 5.97. The van der Waals surface area contributed by atoms with Gasteiger partial charge in [0.05, 0.1) is 12.2 Å². The number of hydrogen-bond acceptors (Lipinski definition) is 2. The van der Waals surface area contributed by atoms with Gasteiger partial charge in [-0.1, -0.05) is 19.3 Å².